The predicted molar refractivity (Wildman–Crippen MR) is 46.7 cm³/mol. The molecule has 1 heterocycles. The highest BCUT2D eigenvalue weighted by Crippen LogP contribution is 2.40. The van der Waals surface area contributed by atoms with Crippen LogP contribution >= 0.6 is 0 Å². The molecule has 0 unspecified atom stereocenters. The molecule has 2 aromatic rings. The zero-order valence-corrected chi connectivity index (χ0v) is 6.60. The third-order valence-corrected chi connectivity index (χ3v) is 1.87. The molecule has 3 N–H and O–H groups in total. The van der Waals surface area contributed by atoms with Crippen LogP contribution in [-0.2, 0) is 0 Å². The highest BCUT2D eigenvalue weighted by atomic mass is 16.3. The van der Waals surface area contributed by atoms with E-state index in [2.05, 4.69) is 4.98 Å². The van der Waals surface area contributed by atoms with Gasteiger partial charge in [-0.25, -0.2) is 0 Å². The van der Waals surface area contributed by atoms with Gasteiger partial charge in [-0.05, 0) is 17.5 Å². The summed E-state index contributed by atoms with van der Waals surface area (Å²) in [7, 11) is 0. The largest absolute Gasteiger partial charge is 0.504 e. The van der Waals surface area contributed by atoms with E-state index in [1.807, 2.05) is 0 Å². The molecule has 0 aliphatic rings. The molecule has 0 saturated carbocycles. The number of aromatic nitrogens is 1. The maximum atomic E-state index is 9.39. The summed E-state index contributed by atoms with van der Waals surface area (Å²) < 4.78 is 0. The Bertz CT molecular complexity index is 468. The number of hydrogen-bond acceptors (Lipinski definition) is 4. The van der Waals surface area contributed by atoms with Crippen molar-refractivity contribution in [3.63, 3.8) is 0 Å². The number of fused-ring (bicyclic) bond motifs is 1. The van der Waals surface area contributed by atoms with Crippen LogP contribution in [0.2, 0.25) is 0 Å². The highest BCUT2D eigenvalue weighted by Gasteiger charge is 2.10. The van der Waals surface area contributed by atoms with E-state index in [-0.39, 0.29) is 11.5 Å². The molecule has 0 aliphatic carbocycles. The first-order valence-corrected chi connectivity index (χ1v) is 3.68. The molecule has 0 fully saturated rings. The summed E-state index contributed by atoms with van der Waals surface area (Å²) >= 11 is 0. The first-order chi connectivity index (χ1) is 6.20. The first-order valence-electron chi connectivity index (χ1n) is 3.68. The Morgan fingerprint density at radius 2 is 1.85 bits per heavy atom. The van der Waals surface area contributed by atoms with Crippen LogP contribution in [0.5, 0.6) is 17.2 Å². The smallest absolute Gasteiger partial charge is 0.201 e. The second-order valence-corrected chi connectivity index (χ2v) is 2.69. The van der Waals surface area contributed by atoms with Crippen molar-refractivity contribution in [3.8, 4) is 17.2 Å². The molecule has 0 bridgehead atoms. The van der Waals surface area contributed by atoms with Crippen molar-refractivity contribution in [3.05, 3.63) is 24.5 Å². The summed E-state index contributed by atoms with van der Waals surface area (Å²) in [5, 5.41) is 28.8. The summed E-state index contributed by atoms with van der Waals surface area (Å²) in [6.07, 6.45) is 2.96. The average molecular weight is 177 g/mol. The number of hydrogen-bond donors (Lipinski definition) is 3. The number of nitrogens with zero attached hydrogens (tertiary/aromatic N) is 1. The van der Waals surface area contributed by atoms with E-state index in [1.54, 1.807) is 6.07 Å². The van der Waals surface area contributed by atoms with Gasteiger partial charge in [0.1, 0.15) is 0 Å². The van der Waals surface area contributed by atoms with Crippen molar-refractivity contribution in [2.24, 2.45) is 0 Å². The quantitative estimate of drug-likeness (QED) is 0.531. The van der Waals surface area contributed by atoms with Gasteiger partial charge < -0.3 is 15.3 Å². The van der Waals surface area contributed by atoms with Gasteiger partial charge >= 0.3 is 0 Å². The molecule has 1 aromatic heterocycles. The molecular weight excluding hydrogens is 170 g/mol. The summed E-state index contributed by atoms with van der Waals surface area (Å²) in [5.41, 5.74) is 0. The number of phenolic OH excluding ortho intramolecular Hbond substituents is 3. The molecule has 1 aromatic carbocycles. The SMILES string of the molecule is Oc1cc2ccncc2c(O)c1O. The zero-order valence-electron chi connectivity index (χ0n) is 6.60. The molecular formula is C9H7NO3. The third-order valence-electron chi connectivity index (χ3n) is 1.87. The fourth-order valence-corrected chi connectivity index (χ4v) is 1.19. The Morgan fingerprint density at radius 3 is 2.62 bits per heavy atom. The standard InChI is InChI=1S/C9H7NO3/c11-7-3-5-1-2-10-4-6(5)8(12)9(7)13/h1-4,11-13H. The van der Waals surface area contributed by atoms with Gasteiger partial charge in [0.05, 0.1) is 0 Å². The Kier molecular flexibility index (Phi) is 1.48. The Labute approximate surface area is 73.7 Å². The molecule has 13 heavy (non-hydrogen) atoms. The van der Waals surface area contributed by atoms with Gasteiger partial charge in [0, 0.05) is 17.8 Å². The van der Waals surface area contributed by atoms with Crippen LogP contribution in [0.15, 0.2) is 24.5 Å². The van der Waals surface area contributed by atoms with Gasteiger partial charge in [-0.3, -0.25) is 4.98 Å². The van der Waals surface area contributed by atoms with Crippen molar-refractivity contribution in [2.75, 3.05) is 0 Å². The number of rotatable bonds is 0. The minimum absolute atomic E-state index is 0.337. The third kappa shape index (κ3) is 1.03. The van der Waals surface area contributed by atoms with Gasteiger partial charge in [0.25, 0.3) is 0 Å². The lowest BCUT2D eigenvalue weighted by Gasteiger charge is -2.04. The van der Waals surface area contributed by atoms with Crippen LogP contribution in [0.25, 0.3) is 10.8 Å². The number of aromatic hydroxyl groups is 3. The second kappa shape index (κ2) is 2.52. The van der Waals surface area contributed by atoms with Crippen LogP contribution in [0.4, 0.5) is 0 Å². The lowest BCUT2D eigenvalue weighted by atomic mass is 10.1. The van der Waals surface area contributed by atoms with Crippen molar-refractivity contribution in [1.82, 2.24) is 4.98 Å². The molecule has 4 nitrogen and oxygen atoms in total. The van der Waals surface area contributed by atoms with E-state index in [0.29, 0.717) is 10.8 Å². The zero-order chi connectivity index (χ0) is 9.42. The van der Waals surface area contributed by atoms with E-state index in [9.17, 15) is 10.2 Å². The minimum Gasteiger partial charge on any atom is -0.504 e. The number of benzene rings is 1. The van der Waals surface area contributed by atoms with Crippen LogP contribution in [-0.4, -0.2) is 20.3 Å². The summed E-state index contributed by atoms with van der Waals surface area (Å²) in [4.78, 5) is 3.79. The van der Waals surface area contributed by atoms with E-state index in [4.69, 9.17) is 5.11 Å². The van der Waals surface area contributed by atoms with Crippen LogP contribution in [0, 0.1) is 0 Å². The first kappa shape index (κ1) is 7.67. The molecule has 0 amide bonds. The summed E-state index contributed by atoms with van der Waals surface area (Å²) in [5.74, 6) is -1.19. The molecule has 0 radical (unpaired) electrons. The predicted octanol–water partition coefficient (Wildman–Crippen LogP) is 1.35. The van der Waals surface area contributed by atoms with Crippen LogP contribution < -0.4 is 0 Å². The maximum absolute atomic E-state index is 9.39. The molecule has 4 heteroatoms. The van der Waals surface area contributed by atoms with Gasteiger partial charge in [-0.1, -0.05) is 0 Å². The van der Waals surface area contributed by atoms with Crippen molar-refractivity contribution >= 4 is 10.8 Å². The fourth-order valence-electron chi connectivity index (χ4n) is 1.19. The Balaban J connectivity index is 2.94. The van der Waals surface area contributed by atoms with Crippen LogP contribution in [0.1, 0.15) is 0 Å². The van der Waals surface area contributed by atoms with Crippen molar-refractivity contribution < 1.29 is 15.3 Å². The lowest BCUT2D eigenvalue weighted by Crippen LogP contribution is -1.78. The molecule has 0 atom stereocenters. The van der Waals surface area contributed by atoms with Crippen molar-refractivity contribution in [1.29, 1.82) is 0 Å². The van der Waals surface area contributed by atoms with E-state index in [0.717, 1.165) is 0 Å². The molecule has 2 rings (SSSR count). The van der Waals surface area contributed by atoms with Gasteiger partial charge in [0.2, 0.25) is 5.75 Å². The highest BCUT2D eigenvalue weighted by molar-refractivity contribution is 5.91. The minimum atomic E-state index is -0.513. The van der Waals surface area contributed by atoms with Crippen LogP contribution in [0.3, 0.4) is 0 Å². The molecule has 0 saturated heterocycles. The number of phenols is 3. The monoisotopic (exact) mass is 177 g/mol. The van der Waals surface area contributed by atoms with E-state index >= 15 is 0 Å². The summed E-state index contributed by atoms with van der Waals surface area (Å²) in [6, 6.07) is 3.00. The normalized spacial score (nSPS) is 10.5. The molecule has 66 valence electrons. The Morgan fingerprint density at radius 1 is 1.08 bits per heavy atom. The topological polar surface area (TPSA) is 73.6 Å². The fraction of sp³-hybridized carbons (Fsp3) is 0. The lowest BCUT2D eigenvalue weighted by molar-refractivity contribution is 0.371. The van der Waals surface area contributed by atoms with E-state index in [1.165, 1.54) is 18.5 Å². The van der Waals surface area contributed by atoms with Gasteiger partial charge in [-0.15, -0.1) is 0 Å². The van der Waals surface area contributed by atoms with Gasteiger partial charge in [-0.2, -0.15) is 0 Å². The Hall–Kier alpha value is -1.97. The average Bonchev–Trinajstić information content (AvgIpc) is 2.15. The molecule has 0 aliphatic heterocycles. The van der Waals surface area contributed by atoms with Crippen molar-refractivity contribution in [2.45, 2.75) is 0 Å². The molecule has 0 spiro atoms. The second-order valence-electron chi connectivity index (χ2n) is 2.69. The number of pyridine rings is 1. The maximum Gasteiger partial charge on any atom is 0.201 e. The summed E-state index contributed by atoms with van der Waals surface area (Å²) in [6.45, 7) is 0. The van der Waals surface area contributed by atoms with Gasteiger partial charge in [0.15, 0.2) is 11.5 Å². The van der Waals surface area contributed by atoms with E-state index < -0.39 is 5.75 Å².